The van der Waals surface area contributed by atoms with E-state index in [-0.39, 0.29) is 24.7 Å². The molecule has 0 bridgehead atoms. The molecule has 31 heavy (non-hydrogen) atoms. The van der Waals surface area contributed by atoms with Gasteiger partial charge in [-0.2, -0.15) is 0 Å². The number of hydrogen-bond acceptors (Lipinski definition) is 5. The molecule has 0 aliphatic carbocycles. The number of fused-ring (bicyclic) bond motifs is 3. The van der Waals surface area contributed by atoms with Gasteiger partial charge in [0.15, 0.2) is 5.65 Å². The van der Waals surface area contributed by atoms with Crippen molar-refractivity contribution in [3.63, 3.8) is 0 Å². The topological polar surface area (TPSA) is 106 Å². The lowest BCUT2D eigenvalue weighted by Crippen LogP contribution is -2.34. The van der Waals surface area contributed by atoms with Crippen molar-refractivity contribution in [1.29, 1.82) is 0 Å². The Balaban J connectivity index is 1.43. The van der Waals surface area contributed by atoms with Gasteiger partial charge in [0.25, 0.3) is 5.91 Å². The normalized spacial score (nSPS) is 14.2. The standard InChI is InChI=1S/C22H27N5O3S/c1-16-14-18(20-21(25-16)27-12-7-3-6-10-19(27)26-20)22(28)23-11-13-31(29,30)24-15-17-8-4-2-5-9-17/h2,4-5,8-9,14,24H,3,6-7,10-13,15H2,1H3,(H,23,28). The summed E-state index contributed by atoms with van der Waals surface area (Å²) in [5, 5.41) is 2.73. The molecule has 3 heterocycles. The number of pyridine rings is 1. The highest BCUT2D eigenvalue weighted by molar-refractivity contribution is 7.89. The summed E-state index contributed by atoms with van der Waals surface area (Å²) in [5.41, 5.74) is 3.38. The Kier molecular flexibility index (Phi) is 6.33. The molecule has 1 amide bonds. The van der Waals surface area contributed by atoms with Gasteiger partial charge in [0.1, 0.15) is 11.3 Å². The molecule has 3 aromatic rings. The molecule has 8 nitrogen and oxygen atoms in total. The number of rotatable bonds is 7. The Morgan fingerprint density at radius 1 is 1.13 bits per heavy atom. The number of imidazole rings is 1. The van der Waals surface area contributed by atoms with Gasteiger partial charge in [-0.3, -0.25) is 4.79 Å². The summed E-state index contributed by atoms with van der Waals surface area (Å²) in [4.78, 5) is 22.2. The Morgan fingerprint density at radius 2 is 1.94 bits per heavy atom. The highest BCUT2D eigenvalue weighted by Gasteiger charge is 2.21. The van der Waals surface area contributed by atoms with Crippen molar-refractivity contribution in [3.8, 4) is 0 Å². The number of amides is 1. The maximum atomic E-state index is 12.9. The largest absolute Gasteiger partial charge is 0.351 e. The van der Waals surface area contributed by atoms with Gasteiger partial charge >= 0.3 is 0 Å². The Hall–Kier alpha value is -2.78. The molecule has 164 valence electrons. The van der Waals surface area contributed by atoms with Crippen molar-refractivity contribution in [1.82, 2.24) is 24.6 Å². The predicted molar refractivity (Wildman–Crippen MR) is 119 cm³/mol. The van der Waals surface area contributed by atoms with Gasteiger partial charge in [0, 0.05) is 31.7 Å². The molecule has 4 rings (SSSR count). The van der Waals surface area contributed by atoms with E-state index < -0.39 is 10.0 Å². The first kappa shape index (κ1) is 21.5. The smallest absolute Gasteiger partial charge is 0.253 e. The molecule has 0 fully saturated rings. The number of aryl methyl sites for hydroxylation is 3. The molecular weight excluding hydrogens is 414 g/mol. The summed E-state index contributed by atoms with van der Waals surface area (Å²) in [5.74, 6) is 0.438. The van der Waals surface area contributed by atoms with Gasteiger partial charge in [-0.15, -0.1) is 0 Å². The van der Waals surface area contributed by atoms with E-state index in [2.05, 4.69) is 19.6 Å². The maximum absolute atomic E-state index is 12.9. The van der Waals surface area contributed by atoms with Crippen molar-refractivity contribution in [2.45, 2.75) is 45.7 Å². The minimum absolute atomic E-state index is 0.0133. The zero-order valence-electron chi connectivity index (χ0n) is 17.6. The fraction of sp³-hybridized carbons (Fsp3) is 0.409. The maximum Gasteiger partial charge on any atom is 0.253 e. The fourth-order valence-electron chi connectivity index (χ4n) is 3.84. The van der Waals surface area contributed by atoms with Crippen LogP contribution in [0.3, 0.4) is 0 Å². The number of aromatic nitrogens is 3. The second-order valence-electron chi connectivity index (χ2n) is 7.86. The van der Waals surface area contributed by atoms with Crippen LogP contribution >= 0.6 is 0 Å². The van der Waals surface area contributed by atoms with Gasteiger partial charge in [-0.25, -0.2) is 23.1 Å². The van der Waals surface area contributed by atoms with Crippen molar-refractivity contribution in [2.75, 3.05) is 12.3 Å². The van der Waals surface area contributed by atoms with E-state index in [4.69, 9.17) is 4.98 Å². The lowest BCUT2D eigenvalue weighted by Gasteiger charge is -2.09. The van der Waals surface area contributed by atoms with Crippen LogP contribution < -0.4 is 10.0 Å². The molecule has 0 unspecified atom stereocenters. The molecule has 9 heteroatoms. The lowest BCUT2D eigenvalue weighted by molar-refractivity contribution is 0.0957. The van der Waals surface area contributed by atoms with Crippen LogP contribution in [0, 0.1) is 6.92 Å². The second-order valence-corrected chi connectivity index (χ2v) is 9.78. The minimum atomic E-state index is -3.51. The summed E-state index contributed by atoms with van der Waals surface area (Å²) in [6, 6.07) is 11.0. The lowest BCUT2D eigenvalue weighted by atomic mass is 10.2. The van der Waals surface area contributed by atoms with Gasteiger partial charge in [-0.1, -0.05) is 36.8 Å². The summed E-state index contributed by atoms with van der Waals surface area (Å²) in [6.45, 7) is 2.94. The molecule has 1 aromatic carbocycles. The van der Waals surface area contributed by atoms with Gasteiger partial charge in [0.2, 0.25) is 10.0 Å². The van der Waals surface area contributed by atoms with E-state index in [0.717, 1.165) is 55.0 Å². The third kappa shape index (κ3) is 5.11. The molecule has 0 saturated carbocycles. The first-order chi connectivity index (χ1) is 14.9. The van der Waals surface area contributed by atoms with E-state index in [1.165, 1.54) is 0 Å². The van der Waals surface area contributed by atoms with Crippen LogP contribution in [-0.4, -0.2) is 41.2 Å². The number of carbonyl (C=O) groups excluding carboxylic acids is 1. The van der Waals surface area contributed by atoms with Crippen LogP contribution in [-0.2, 0) is 29.5 Å². The summed E-state index contributed by atoms with van der Waals surface area (Å²) < 4.78 is 29.2. The molecular formula is C22H27N5O3S. The monoisotopic (exact) mass is 441 g/mol. The van der Waals surface area contributed by atoms with E-state index in [9.17, 15) is 13.2 Å². The number of nitrogens with zero attached hydrogens (tertiary/aromatic N) is 3. The second kappa shape index (κ2) is 9.15. The number of carbonyl (C=O) groups is 1. The summed E-state index contributed by atoms with van der Waals surface area (Å²) in [6.07, 6.45) is 4.19. The van der Waals surface area contributed by atoms with Crippen LogP contribution in [0.15, 0.2) is 36.4 Å². The van der Waals surface area contributed by atoms with E-state index in [1.807, 2.05) is 37.3 Å². The zero-order valence-corrected chi connectivity index (χ0v) is 18.4. The van der Waals surface area contributed by atoms with Crippen LogP contribution in [0.5, 0.6) is 0 Å². The van der Waals surface area contributed by atoms with Crippen LogP contribution in [0.2, 0.25) is 0 Å². The molecule has 2 N–H and O–H groups in total. The molecule has 0 spiro atoms. The third-order valence-corrected chi connectivity index (χ3v) is 6.76. The summed E-state index contributed by atoms with van der Waals surface area (Å²) >= 11 is 0. The van der Waals surface area contributed by atoms with E-state index >= 15 is 0 Å². The van der Waals surface area contributed by atoms with Crippen molar-refractivity contribution in [2.24, 2.45) is 0 Å². The Labute approximate surface area is 182 Å². The Morgan fingerprint density at radius 3 is 2.74 bits per heavy atom. The van der Waals surface area contributed by atoms with Crippen LogP contribution in [0.25, 0.3) is 11.2 Å². The highest BCUT2D eigenvalue weighted by atomic mass is 32.2. The van der Waals surface area contributed by atoms with Crippen LogP contribution in [0.4, 0.5) is 0 Å². The zero-order chi connectivity index (χ0) is 21.8. The molecule has 0 radical (unpaired) electrons. The molecule has 2 aromatic heterocycles. The number of sulfonamides is 1. The molecule has 1 aliphatic rings. The van der Waals surface area contributed by atoms with Gasteiger partial charge < -0.3 is 9.88 Å². The van der Waals surface area contributed by atoms with E-state index in [1.54, 1.807) is 6.07 Å². The quantitative estimate of drug-likeness (QED) is 0.585. The van der Waals surface area contributed by atoms with Crippen molar-refractivity contribution in [3.05, 3.63) is 59.0 Å². The van der Waals surface area contributed by atoms with Crippen molar-refractivity contribution < 1.29 is 13.2 Å². The fourth-order valence-corrected chi connectivity index (χ4v) is 4.75. The highest BCUT2D eigenvalue weighted by Crippen LogP contribution is 2.24. The molecule has 1 aliphatic heterocycles. The molecule has 0 atom stereocenters. The SMILES string of the molecule is Cc1cc(C(=O)NCCS(=O)(=O)NCc2ccccc2)c2nc3n(c2n1)CCCCC3. The average molecular weight is 442 g/mol. The molecule has 0 saturated heterocycles. The minimum Gasteiger partial charge on any atom is -0.351 e. The number of nitrogens with one attached hydrogen (secondary N) is 2. The average Bonchev–Trinajstić information content (AvgIpc) is 2.93. The number of hydrogen-bond donors (Lipinski definition) is 2. The van der Waals surface area contributed by atoms with Gasteiger partial charge in [0.05, 0.1) is 11.3 Å². The first-order valence-corrected chi connectivity index (χ1v) is 12.2. The Bertz CT molecular complexity index is 1190. The van der Waals surface area contributed by atoms with Crippen molar-refractivity contribution >= 4 is 27.1 Å². The third-order valence-electron chi connectivity index (χ3n) is 5.43. The van der Waals surface area contributed by atoms with Crippen LogP contribution in [0.1, 0.15) is 46.7 Å². The first-order valence-electron chi connectivity index (χ1n) is 10.6. The van der Waals surface area contributed by atoms with Gasteiger partial charge in [-0.05, 0) is 31.4 Å². The number of benzene rings is 1. The summed E-state index contributed by atoms with van der Waals surface area (Å²) in [7, 11) is -3.51. The predicted octanol–water partition coefficient (Wildman–Crippen LogP) is 2.32. The van der Waals surface area contributed by atoms with E-state index in [0.29, 0.717) is 11.1 Å².